The van der Waals surface area contributed by atoms with Crippen LogP contribution < -0.4 is 10.6 Å². The first kappa shape index (κ1) is 19.3. The Morgan fingerprint density at radius 3 is 2.75 bits per heavy atom. The van der Waals surface area contributed by atoms with E-state index in [0.717, 1.165) is 22.5 Å². The van der Waals surface area contributed by atoms with E-state index in [1.54, 1.807) is 29.8 Å². The maximum absolute atomic E-state index is 8.79. The molecular weight excluding hydrogens is 366 g/mol. The minimum absolute atomic E-state index is 0.574. The molecule has 28 heavy (non-hydrogen) atoms. The van der Waals surface area contributed by atoms with Gasteiger partial charge in [-0.05, 0) is 53.8 Å². The molecule has 0 fully saturated rings. The number of nitrogens with one attached hydrogen (secondary N) is 2. The second-order valence-corrected chi connectivity index (χ2v) is 7.15. The highest BCUT2D eigenvalue weighted by atomic mass is 32.1. The fraction of sp³-hybridized carbons (Fsp3) is 0.136. The molecule has 5 nitrogen and oxygen atoms in total. The summed E-state index contributed by atoms with van der Waals surface area (Å²) in [6.07, 6.45) is 5.48. The third-order valence-corrected chi connectivity index (χ3v) is 4.89. The van der Waals surface area contributed by atoms with Gasteiger partial charge in [-0.1, -0.05) is 18.2 Å². The van der Waals surface area contributed by atoms with Gasteiger partial charge in [0.05, 0.1) is 24.5 Å². The number of rotatable bonds is 8. The van der Waals surface area contributed by atoms with Gasteiger partial charge in [0, 0.05) is 29.4 Å². The number of hydrogen-bond acceptors (Lipinski definition) is 5. The van der Waals surface area contributed by atoms with Crippen LogP contribution in [0.4, 0.5) is 5.82 Å². The molecule has 0 amide bonds. The van der Waals surface area contributed by atoms with Crippen molar-refractivity contribution in [2.24, 2.45) is 4.99 Å². The van der Waals surface area contributed by atoms with Crippen LogP contribution in [0.2, 0.25) is 0 Å². The molecule has 3 aromatic rings. The van der Waals surface area contributed by atoms with Crippen LogP contribution in [0.5, 0.6) is 0 Å². The predicted octanol–water partition coefficient (Wildman–Crippen LogP) is 4.82. The third kappa shape index (κ3) is 5.79. The van der Waals surface area contributed by atoms with E-state index < -0.39 is 0 Å². The van der Waals surface area contributed by atoms with E-state index in [1.807, 2.05) is 43.6 Å². The Morgan fingerprint density at radius 2 is 2.07 bits per heavy atom. The summed E-state index contributed by atoms with van der Waals surface area (Å²) in [5.41, 5.74) is 3.99. The van der Waals surface area contributed by atoms with Gasteiger partial charge in [0.15, 0.2) is 0 Å². The molecule has 0 unspecified atom stereocenters. The third-order valence-electron chi connectivity index (χ3n) is 3.97. The van der Waals surface area contributed by atoms with Crippen LogP contribution in [-0.4, -0.2) is 17.9 Å². The highest BCUT2D eigenvalue weighted by Gasteiger charge is 2.00. The maximum Gasteiger partial charge on any atom is 0.126 e. The van der Waals surface area contributed by atoms with E-state index in [9.17, 15) is 0 Å². The molecular formula is C22H21N5S. The minimum atomic E-state index is 0.574. The number of aliphatic imine (C=N–C) groups is 1. The Hall–Kier alpha value is -3.43. The van der Waals surface area contributed by atoms with Crippen LogP contribution >= 0.6 is 11.3 Å². The number of thiophene rings is 1. The van der Waals surface area contributed by atoms with Crippen LogP contribution in [0, 0.1) is 11.3 Å². The number of anilines is 1. The Kier molecular flexibility index (Phi) is 6.94. The molecule has 0 saturated carbocycles. The first-order valence-corrected chi connectivity index (χ1v) is 9.75. The predicted molar refractivity (Wildman–Crippen MR) is 116 cm³/mol. The van der Waals surface area contributed by atoms with E-state index >= 15 is 0 Å². The highest BCUT2D eigenvalue weighted by Crippen LogP contribution is 2.24. The first-order valence-electron chi connectivity index (χ1n) is 8.87. The smallest absolute Gasteiger partial charge is 0.126 e. The van der Waals surface area contributed by atoms with Crippen molar-refractivity contribution in [3.05, 3.63) is 83.0 Å². The van der Waals surface area contributed by atoms with Crippen LogP contribution in [0.1, 0.15) is 18.1 Å². The molecule has 0 spiro atoms. The molecule has 0 saturated heterocycles. The maximum atomic E-state index is 8.79. The minimum Gasteiger partial charge on any atom is -0.366 e. The Balaban J connectivity index is 1.41. The summed E-state index contributed by atoms with van der Waals surface area (Å²) in [4.78, 5) is 10.0. The number of benzene rings is 1. The SMILES string of the molecule is C/C(=C\NC=NCc1ccc(C#N)cc1)CNc1ccc(-c2cccs2)cn1. The Morgan fingerprint density at radius 1 is 1.21 bits per heavy atom. The average molecular weight is 388 g/mol. The van der Waals surface area contributed by atoms with Crippen LogP contribution in [0.3, 0.4) is 0 Å². The summed E-state index contributed by atoms with van der Waals surface area (Å²) in [5.74, 6) is 0.850. The summed E-state index contributed by atoms with van der Waals surface area (Å²) >= 11 is 1.71. The molecule has 2 N–H and O–H groups in total. The molecule has 2 heterocycles. The van der Waals surface area contributed by atoms with Gasteiger partial charge in [-0.3, -0.25) is 4.99 Å². The Labute approximate surface area is 169 Å². The molecule has 140 valence electrons. The normalized spacial score (nSPS) is 11.4. The lowest BCUT2D eigenvalue weighted by Gasteiger charge is -2.06. The second kappa shape index (κ2) is 10.0. The van der Waals surface area contributed by atoms with E-state index in [-0.39, 0.29) is 0 Å². The van der Waals surface area contributed by atoms with E-state index in [0.29, 0.717) is 18.7 Å². The topological polar surface area (TPSA) is 73.1 Å². The molecule has 0 aliphatic heterocycles. The van der Waals surface area contributed by atoms with Crippen molar-refractivity contribution >= 4 is 23.5 Å². The van der Waals surface area contributed by atoms with Crippen LogP contribution in [0.25, 0.3) is 10.4 Å². The molecule has 0 atom stereocenters. The van der Waals surface area contributed by atoms with Gasteiger partial charge in [-0.25, -0.2) is 4.98 Å². The van der Waals surface area contributed by atoms with Crippen molar-refractivity contribution in [3.8, 4) is 16.5 Å². The van der Waals surface area contributed by atoms with Crippen molar-refractivity contribution in [2.75, 3.05) is 11.9 Å². The summed E-state index contributed by atoms with van der Waals surface area (Å²) in [6, 6.07) is 17.7. The summed E-state index contributed by atoms with van der Waals surface area (Å²) in [7, 11) is 0. The molecule has 1 aromatic carbocycles. The van der Waals surface area contributed by atoms with Crippen LogP contribution in [-0.2, 0) is 6.54 Å². The number of aromatic nitrogens is 1. The molecule has 3 rings (SSSR count). The van der Waals surface area contributed by atoms with Gasteiger partial charge in [-0.15, -0.1) is 11.3 Å². The average Bonchev–Trinajstić information content (AvgIpc) is 3.28. The van der Waals surface area contributed by atoms with Gasteiger partial charge in [-0.2, -0.15) is 5.26 Å². The fourth-order valence-corrected chi connectivity index (χ4v) is 3.15. The van der Waals surface area contributed by atoms with Gasteiger partial charge in [0.2, 0.25) is 0 Å². The van der Waals surface area contributed by atoms with E-state index in [2.05, 4.69) is 44.2 Å². The Bertz CT molecular complexity index is 965. The second-order valence-electron chi connectivity index (χ2n) is 6.20. The van der Waals surface area contributed by atoms with E-state index in [4.69, 9.17) is 5.26 Å². The van der Waals surface area contributed by atoms with Crippen molar-refractivity contribution in [3.63, 3.8) is 0 Å². The first-order chi connectivity index (χ1) is 13.7. The number of nitriles is 1. The van der Waals surface area contributed by atoms with E-state index in [1.165, 1.54) is 4.88 Å². The van der Waals surface area contributed by atoms with Crippen molar-refractivity contribution in [1.82, 2.24) is 10.3 Å². The van der Waals surface area contributed by atoms with Crippen molar-refractivity contribution in [1.29, 1.82) is 5.26 Å². The summed E-state index contributed by atoms with van der Waals surface area (Å²) in [6.45, 7) is 3.31. The number of hydrogen-bond donors (Lipinski definition) is 2. The van der Waals surface area contributed by atoms with Gasteiger partial charge in [0.1, 0.15) is 5.82 Å². The molecule has 0 aliphatic carbocycles. The lowest BCUT2D eigenvalue weighted by Crippen LogP contribution is -2.08. The fourth-order valence-electron chi connectivity index (χ4n) is 2.44. The zero-order valence-corrected chi connectivity index (χ0v) is 16.4. The lowest BCUT2D eigenvalue weighted by atomic mass is 10.1. The lowest BCUT2D eigenvalue weighted by molar-refractivity contribution is 1.05. The largest absolute Gasteiger partial charge is 0.366 e. The molecule has 0 radical (unpaired) electrons. The van der Waals surface area contributed by atoms with Crippen molar-refractivity contribution in [2.45, 2.75) is 13.5 Å². The zero-order chi connectivity index (χ0) is 19.6. The summed E-state index contributed by atoms with van der Waals surface area (Å²) < 4.78 is 0. The number of pyridine rings is 1. The number of nitrogens with zero attached hydrogens (tertiary/aromatic N) is 3. The quantitative estimate of drug-likeness (QED) is 0.429. The zero-order valence-electron chi connectivity index (χ0n) is 15.6. The highest BCUT2D eigenvalue weighted by molar-refractivity contribution is 7.13. The van der Waals surface area contributed by atoms with Crippen LogP contribution in [0.15, 0.2) is 76.9 Å². The van der Waals surface area contributed by atoms with Gasteiger partial charge < -0.3 is 10.6 Å². The molecule has 0 bridgehead atoms. The molecule has 6 heteroatoms. The molecule has 0 aliphatic rings. The molecule has 2 aromatic heterocycles. The van der Waals surface area contributed by atoms with Crippen molar-refractivity contribution < 1.29 is 0 Å². The summed E-state index contributed by atoms with van der Waals surface area (Å²) in [5, 5.41) is 17.2. The van der Waals surface area contributed by atoms with Gasteiger partial charge in [0.25, 0.3) is 0 Å². The monoisotopic (exact) mass is 387 g/mol. The standard InChI is InChI=1S/C22H21N5S/c1-17(12-24-16-25-14-19-6-4-18(11-23)5-7-19)13-26-22-9-8-20(15-27-22)21-3-2-10-28-21/h2-10,12,15-16H,13-14H2,1H3,(H,24,25)(H,26,27)/b17-12+. The van der Waals surface area contributed by atoms with Gasteiger partial charge >= 0.3 is 0 Å².